The minimum absolute atomic E-state index is 0.182. The van der Waals surface area contributed by atoms with E-state index in [2.05, 4.69) is 0 Å². The molecule has 0 spiro atoms. The zero-order chi connectivity index (χ0) is 9.52. The topological polar surface area (TPSA) is 35.5 Å². The van der Waals surface area contributed by atoms with E-state index in [-0.39, 0.29) is 6.79 Å². The predicted octanol–water partition coefficient (Wildman–Crippen LogP) is 1.87. The third-order valence-corrected chi connectivity index (χ3v) is 1.55. The first-order valence-electron chi connectivity index (χ1n) is 4.13. The van der Waals surface area contributed by atoms with E-state index in [0.717, 1.165) is 6.29 Å². The normalized spacial score (nSPS) is 9.62. The molecule has 0 N–H and O–H groups in total. The van der Waals surface area contributed by atoms with Gasteiger partial charge in [0.05, 0.1) is 5.56 Å². The number of benzene rings is 1. The number of hydrogen-bond donors (Lipinski definition) is 0. The summed E-state index contributed by atoms with van der Waals surface area (Å²) in [5, 5.41) is 0. The van der Waals surface area contributed by atoms with Crippen LogP contribution in [0.3, 0.4) is 0 Å². The van der Waals surface area contributed by atoms with Gasteiger partial charge < -0.3 is 9.47 Å². The molecule has 70 valence electrons. The van der Waals surface area contributed by atoms with Crippen molar-refractivity contribution in [1.29, 1.82) is 0 Å². The number of carbonyl (C=O) groups is 1. The fourth-order valence-corrected chi connectivity index (χ4v) is 0.898. The van der Waals surface area contributed by atoms with Gasteiger partial charge in [0.2, 0.25) is 0 Å². The highest BCUT2D eigenvalue weighted by Crippen LogP contribution is 2.15. The lowest BCUT2D eigenvalue weighted by Gasteiger charge is -2.06. The van der Waals surface area contributed by atoms with Crippen molar-refractivity contribution < 1.29 is 14.3 Å². The second-order valence-corrected chi connectivity index (χ2v) is 2.41. The van der Waals surface area contributed by atoms with Gasteiger partial charge >= 0.3 is 0 Å². The standard InChI is InChI=1S/C10H12O3/c1-2-12-8-13-10-6-4-3-5-9(10)7-11/h3-7H,2,8H2,1H3. The first-order valence-corrected chi connectivity index (χ1v) is 4.13. The molecule has 0 fully saturated rings. The lowest BCUT2D eigenvalue weighted by molar-refractivity contribution is 0.0221. The van der Waals surface area contributed by atoms with Crippen LogP contribution in [0.5, 0.6) is 5.75 Å². The van der Waals surface area contributed by atoms with E-state index < -0.39 is 0 Å². The molecule has 1 aromatic rings. The van der Waals surface area contributed by atoms with Crippen LogP contribution in [0.1, 0.15) is 17.3 Å². The van der Waals surface area contributed by atoms with Crippen molar-refractivity contribution in [2.75, 3.05) is 13.4 Å². The van der Waals surface area contributed by atoms with Crippen molar-refractivity contribution in [3.8, 4) is 5.75 Å². The summed E-state index contributed by atoms with van der Waals surface area (Å²) >= 11 is 0. The van der Waals surface area contributed by atoms with Gasteiger partial charge in [-0.05, 0) is 19.1 Å². The van der Waals surface area contributed by atoms with E-state index in [1.165, 1.54) is 0 Å². The summed E-state index contributed by atoms with van der Waals surface area (Å²) in [6.45, 7) is 2.67. The molecule has 0 amide bonds. The molecule has 0 heterocycles. The van der Waals surface area contributed by atoms with E-state index in [9.17, 15) is 4.79 Å². The second-order valence-electron chi connectivity index (χ2n) is 2.41. The molecular formula is C10H12O3. The maximum Gasteiger partial charge on any atom is 0.189 e. The quantitative estimate of drug-likeness (QED) is 0.394. The average molecular weight is 180 g/mol. The first kappa shape index (κ1) is 9.74. The molecule has 0 aliphatic rings. The molecule has 3 heteroatoms. The smallest absolute Gasteiger partial charge is 0.189 e. The summed E-state index contributed by atoms with van der Waals surface area (Å²) in [6, 6.07) is 7.04. The van der Waals surface area contributed by atoms with Crippen molar-refractivity contribution in [3.05, 3.63) is 29.8 Å². The van der Waals surface area contributed by atoms with Gasteiger partial charge in [-0.25, -0.2) is 0 Å². The fourth-order valence-electron chi connectivity index (χ4n) is 0.898. The monoisotopic (exact) mass is 180 g/mol. The molecule has 1 rings (SSSR count). The Balaban J connectivity index is 2.59. The number of rotatable bonds is 5. The summed E-state index contributed by atoms with van der Waals surface area (Å²) < 4.78 is 10.2. The van der Waals surface area contributed by atoms with E-state index in [1.807, 2.05) is 13.0 Å². The lowest BCUT2D eigenvalue weighted by Crippen LogP contribution is -2.03. The van der Waals surface area contributed by atoms with Crippen LogP contribution >= 0.6 is 0 Å². The highest BCUT2D eigenvalue weighted by molar-refractivity contribution is 5.79. The zero-order valence-electron chi connectivity index (χ0n) is 7.53. The molecular weight excluding hydrogens is 168 g/mol. The summed E-state index contributed by atoms with van der Waals surface area (Å²) in [6.07, 6.45) is 0.765. The molecule has 3 nitrogen and oxygen atoms in total. The third kappa shape index (κ3) is 2.87. The number of aldehydes is 1. The van der Waals surface area contributed by atoms with Gasteiger partial charge in [0.1, 0.15) is 5.75 Å². The van der Waals surface area contributed by atoms with Crippen molar-refractivity contribution in [2.45, 2.75) is 6.92 Å². The Kier molecular flexibility index (Phi) is 3.99. The molecule has 0 aliphatic carbocycles. The van der Waals surface area contributed by atoms with Crippen LogP contribution in [-0.4, -0.2) is 19.7 Å². The molecule has 1 aromatic carbocycles. The maximum absolute atomic E-state index is 10.5. The van der Waals surface area contributed by atoms with Gasteiger partial charge in [-0.2, -0.15) is 0 Å². The Morgan fingerprint density at radius 3 is 2.85 bits per heavy atom. The predicted molar refractivity (Wildman–Crippen MR) is 49.0 cm³/mol. The van der Waals surface area contributed by atoms with E-state index >= 15 is 0 Å². The lowest BCUT2D eigenvalue weighted by atomic mass is 10.2. The van der Waals surface area contributed by atoms with Gasteiger partial charge in [0, 0.05) is 6.61 Å². The Bertz CT molecular complexity index is 271. The Labute approximate surface area is 77.3 Å². The average Bonchev–Trinajstić information content (AvgIpc) is 2.19. The van der Waals surface area contributed by atoms with Crippen molar-refractivity contribution in [2.24, 2.45) is 0 Å². The Hall–Kier alpha value is -1.35. The van der Waals surface area contributed by atoms with Crippen molar-refractivity contribution >= 4 is 6.29 Å². The molecule has 0 atom stereocenters. The Morgan fingerprint density at radius 2 is 2.15 bits per heavy atom. The molecule has 13 heavy (non-hydrogen) atoms. The van der Waals surface area contributed by atoms with Crippen LogP contribution in [-0.2, 0) is 4.74 Å². The summed E-state index contributed by atoms with van der Waals surface area (Å²) in [5.74, 6) is 0.561. The molecule has 0 saturated heterocycles. The Morgan fingerprint density at radius 1 is 1.38 bits per heavy atom. The molecule has 0 saturated carbocycles. The number of hydrogen-bond acceptors (Lipinski definition) is 3. The van der Waals surface area contributed by atoms with Crippen LogP contribution < -0.4 is 4.74 Å². The summed E-state index contributed by atoms with van der Waals surface area (Å²) in [4.78, 5) is 10.5. The highest BCUT2D eigenvalue weighted by Gasteiger charge is 1.99. The third-order valence-electron chi connectivity index (χ3n) is 1.55. The molecule has 0 radical (unpaired) electrons. The fraction of sp³-hybridized carbons (Fsp3) is 0.300. The minimum atomic E-state index is 0.182. The number of carbonyl (C=O) groups excluding carboxylic acids is 1. The molecule has 0 bridgehead atoms. The van der Waals surface area contributed by atoms with Crippen LogP contribution in [0.4, 0.5) is 0 Å². The van der Waals surface area contributed by atoms with Crippen LogP contribution in [0.2, 0.25) is 0 Å². The number of para-hydroxylation sites is 1. The maximum atomic E-state index is 10.5. The van der Waals surface area contributed by atoms with Crippen molar-refractivity contribution in [1.82, 2.24) is 0 Å². The summed E-state index contributed by atoms with van der Waals surface area (Å²) in [7, 11) is 0. The van der Waals surface area contributed by atoms with Crippen LogP contribution in [0, 0.1) is 0 Å². The second kappa shape index (κ2) is 5.32. The highest BCUT2D eigenvalue weighted by atomic mass is 16.7. The van der Waals surface area contributed by atoms with Crippen LogP contribution in [0.15, 0.2) is 24.3 Å². The van der Waals surface area contributed by atoms with Gasteiger partial charge in [-0.3, -0.25) is 4.79 Å². The molecule has 0 unspecified atom stereocenters. The molecule has 0 aromatic heterocycles. The van der Waals surface area contributed by atoms with E-state index in [1.54, 1.807) is 18.2 Å². The zero-order valence-corrected chi connectivity index (χ0v) is 7.53. The molecule has 0 aliphatic heterocycles. The van der Waals surface area contributed by atoms with E-state index in [0.29, 0.717) is 17.9 Å². The van der Waals surface area contributed by atoms with Gasteiger partial charge in [0.25, 0.3) is 0 Å². The number of ether oxygens (including phenoxy) is 2. The summed E-state index contributed by atoms with van der Waals surface area (Å²) in [5.41, 5.74) is 0.544. The van der Waals surface area contributed by atoms with Gasteiger partial charge in [-0.15, -0.1) is 0 Å². The van der Waals surface area contributed by atoms with Crippen molar-refractivity contribution in [3.63, 3.8) is 0 Å². The SMILES string of the molecule is CCOCOc1ccccc1C=O. The largest absolute Gasteiger partial charge is 0.467 e. The minimum Gasteiger partial charge on any atom is -0.467 e. The van der Waals surface area contributed by atoms with Crippen LogP contribution in [0.25, 0.3) is 0 Å². The van der Waals surface area contributed by atoms with E-state index in [4.69, 9.17) is 9.47 Å². The first-order chi connectivity index (χ1) is 6.38. The van der Waals surface area contributed by atoms with Gasteiger partial charge in [0.15, 0.2) is 13.1 Å². The van der Waals surface area contributed by atoms with Gasteiger partial charge in [-0.1, -0.05) is 12.1 Å².